The van der Waals surface area contributed by atoms with Crippen molar-refractivity contribution in [3.05, 3.63) is 29.8 Å². The second kappa shape index (κ2) is 10.2. The normalized spacial score (nSPS) is 13.4. The summed E-state index contributed by atoms with van der Waals surface area (Å²) >= 11 is 0. The minimum atomic E-state index is -0.605. The SMILES string of the molecule is CCCC(COC)NCC(O)COc1cccc(C#N)c1. The molecule has 0 saturated carbocycles. The number of nitrogens with one attached hydrogen (secondary N) is 1. The van der Waals surface area contributed by atoms with Crippen LogP contribution in [0.5, 0.6) is 5.75 Å². The first kappa shape index (κ1) is 17.4. The van der Waals surface area contributed by atoms with Crippen molar-refractivity contribution in [1.82, 2.24) is 5.32 Å². The molecule has 1 aromatic rings. The Balaban J connectivity index is 2.32. The molecule has 0 radical (unpaired) electrons. The van der Waals surface area contributed by atoms with E-state index in [-0.39, 0.29) is 12.6 Å². The van der Waals surface area contributed by atoms with Gasteiger partial charge in [-0.25, -0.2) is 0 Å². The van der Waals surface area contributed by atoms with Gasteiger partial charge in [-0.3, -0.25) is 0 Å². The van der Waals surface area contributed by atoms with Gasteiger partial charge in [0, 0.05) is 19.7 Å². The van der Waals surface area contributed by atoms with Crippen molar-refractivity contribution in [2.24, 2.45) is 0 Å². The Morgan fingerprint density at radius 2 is 2.19 bits per heavy atom. The van der Waals surface area contributed by atoms with E-state index in [0.29, 0.717) is 24.5 Å². The van der Waals surface area contributed by atoms with Crippen LogP contribution in [0.25, 0.3) is 0 Å². The van der Waals surface area contributed by atoms with Gasteiger partial charge in [0.1, 0.15) is 18.5 Å². The third-order valence-electron chi connectivity index (χ3n) is 3.05. The average molecular weight is 292 g/mol. The molecule has 0 aromatic heterocycles. The van der Waals surface area contributed by atoms with Gasteiger partial charge in [-0.2, -0.15) is 5.26 Å². The first-order chi connectivity index (χ1) is 10.2. The van der Waals surface area contributed by atoms with E-state index in [4.69, 9.17) is 14.7 Å². The van der Waals surface area contributed by atoms with E-state index >= 15 is 0 Å². The lowest BCUT2D eigenvalue weighted by atomic mass is 10.2. The Morgan fingerprint density at radius 1 is 1.38 bits per heavy atom. The number of aliphatic hydroxyl groups excluding tert-OH is 1. The predicted octanol–water partition coefficient (Wildman–Crippen LogP) is 1.70. The number of hydrogen-bond acceptors (Lipinski definition) is 5. The van der Waals surface area contributed by atoms with Gasteiger partial charge in [0.2, 0.25) is 0 Å². The highest BCUT2D eigenvalue weighted by atomic mass is 16.5. The monoisotopic (exact) mass is 292 g/mol. The molecule has 0 aliphatic carbocycles. The Labute approximate surface area is 126 Å². The van der Waals surface area contributed by atoms with Crippen molar-refractivity contribution >= 4 is 0 Å². The van der Waals surface area contributed by atoms with Crippen LogP contribution in [0.4, 0.5) is 0 Å². The van der Waals surface area contributed by atoms with E-state index in [1.165, 1.54) is 0 Å². The van der Waals surface area contributed by atoms with Crippen molar-refractivity contribution in [2.45, 2.75) is 31.9 Å². The Bertz CT molecular complexity index is 439. The number of nitrogens with zero attached hydrogens (tertiary/aromatic N) is 1. The fourth-order valence-corrected chi connectivity index (χ4v) is 2.00. The van der Waals surface area contributed by atoms with Crippen LogP contribution in [0, 0.1) is 11.3 Å². The summed E-state index contributed by atoms with van der Waals surface area (Å²) in [5.41, 5.74) is 0.545. The molecule has 0 heterocycles. The second-order valence-corrected chi connectivity index (χ2v) is 4.95. The molecule has 1 aromatic carbocycles. The lowest BCUT2D eigenvalue weighted by Crippen LogP contribution is -2.40. The lowest BCUT2D eigenvalue weighted by molar-refractivity contribution is 0.0946. The van der Waals surface area contributed by atoms with Crippen LogP contribution in [0.2, 0.25) is 0 Å². The summed E-state index contributed by atoms with van der Waals surface area (Å²) in [6, 6.07) is 9.20. The number of methoxy groups -OCH3 is 1. The number of aliphatic hydroxyl groups is 1. The fraction of sp³-hybridized carbons (Fsp3) is 0.562. The smallest absolute Gasteiger partial charge is 0.120 e. The zero-order valence-electron chi connectivity index (χ0n) is 12.7. The number of nitriles is 1. The fourth-order valence-electron chi connectivity index (χ4n) is 2.00. The molecular formula is C16H24N2O3. The van der Waals surface area contributed by atoms with E-state index in [2.05, 4.69) is 18.3 Å². The summed E-state index contributed by atoms with van der Waals surface area (Å²) in [4.78, 5) is 0. The van der Waals surface area contributed by atoms with E-state index < -0.39 is 6.10 Å². The van der Waals surface area contributed by atoms with Crippen LogP contribution < -0.4 is 10.1 Å². The maximum atomic E-state index is 9.93. The predicted molar refractivity (Wildman–Crippen MR) is 81.2 cm³/mol. The third-order valence-corrected chi connectivity index (χ3v) is 3.05. The zero-order chi connectivity index (χ0) is 15.5. The van der Waals surface area contributed by atoms with Crippen LogP contribution >= 0.6 is 0 Å². The van der Waals surface area contributed by atoms with E-state index in [1.54, 1.807) is 31.4 Å². The van der Waals surface area contributed by atoms with Crippen LogP contribution in [-0.2, 0) is 4.74 Å². The number of rotatable bonds is 10. The van der Waals surface area contributed by atoms with Gasteiger partial charge in [0.15, 0.2) is 0 Å². The van der Waals surface area contributed by atoms with Gasteiger partial charge in [0.05, 0.1) is 18.2 Å². The topological polar surface area (TPSA) is 74.5 Å². The molecule has 0 amide bonds. The van der Waals surface area contributed by atoms with Crippen molar-refractivity contribution in [2.75, 3.05) is 26.9 Å². The molecule has 0 aliphatic rings. The maximum Gasteiger partial charge on any atom is 0.120 e. The molecule has 0 aliphatic heterocycles. The molecule has 2 unspecified atom stereocenters. The molecule has 0 bridgehead atoms. The lowest BCUT2D eigenvalue weighted by Gasteiger charge is -2.20. The van der Waals surface area contributed by atoms with Gasteiger partial charge in [-0.1, -0.05) is 19.4 Å². The molecule has 116 valence electrons. The van der Waals surface area contributed by atoms with Gasteiger partial charge >= 0.3 is 0 Å². The largest absolute Gasteiger partial charge is 0.491 e. The molecule has 0 spiro atoms. The van der Waals surface area contributed by atoms with Gasteiger partial charge < -0.3 is 19.9 Å². The van der Waals surface area contributed by atoms with Crippen LogP contribution in [-0.4, -0.2) is 44.1 Å². The van der Waals surface area contributed by atoms with Gasteiger partial charge in [-0.05, 0) is 24.6 Å². The first-order valence-corrected chi connectivity index (χ1v) is 7.23. The number of benzene rings is 1. The number of ether oxygens (including phenoxy) is 2. The van der Waals surface area contributed by atoms with Gasteiger partial charge in [-0.15, -0.1) is 0 Å². The summed E-state index contributed by atoms with van der Waals surface area (Å²) in [5.74, 6) is 0.593. The summed E-state index contributed by atoms with van der Waals surface area (Å²) in [7, 11) is 1.67. The van der Waals surface area contributed by atoms with E-state index in [9.17, 15) is 5.11 Å². The summed E-state index contributed by atoms with van der Waals surface area (Å²) in [6.07, 6.45) is 1.46. The molecular weight excluding hydrogens is 268 g/mol. The van der Waals surface area contributed by atoms with Crippen molar-refractivity contribution < 1.29 is 14.6 Å². The van der Waals surface area contributed by atoms with Crippen molar-refractivity contribution in [3.63, 3.8) is 0 Å². The summed E-state index contributed by atoms with van der Waals surface area (Å²) in [5, 5.41) is 22.0. The first-order valence-electron chi connectivity index (χ1n) is 7.23. The highest BCUT2D eigenvalue weighted by Crippen LogP contribution is 2.12. The highest BCUT2D eigenvalue weighted by Gasteiger charge is 2.11. The summed E-state index contributed by atoms with van der Waals surface area (Å²) in [6.45, 7) is 3.39. The van der Waals surface area contributed by atoms with Crippen LogP contribution in [0.15, 0.2) is 24.3 Å². The molecule has 2 atom stereocenters. The Morgan fingerprint density at radius 3 is 2.86 bits per heavy atom. The molecule has 2 N–H and O–H groups in total. The molecule has 1 rings (SSSR count). The van der Waals surface area contributed by atoms with E-state index in [1.807, 2.05) is 0 Å². The standard InChI is InChI=1S/C16H24N2O3/c1-3-5-14(11-20-2)18-10-15(19)12-21-16-7-4-6-13(8-16)9-17/h4,6-8,14-15,18-19H,3,5,10-12H2,1-2H3. The molecule has 5 heteroatoms. The maximum absolute atomic E-state index is 9.93. The van der Waals surface area contributed by atoms with Gasteiger partial charge in [0.25, 0.3) is 0 Å². The minimum absolute atomic E-state index is 0.188. The highest BCUT2D eigenvalue weighted by molar-refractivity contribution is 5.36. The Kier molecular flexibility index (Phi) is 8.44. The van der Waals surface area contributed by atoms with Crippen LogP contribution in [0.3, 0.4) is 0 Å². The van der Waals surface area contributed by atoms with Crippen LogP contribution in [0.1, 0.15) is 25.3 Å². The zero-order valence-corrected chi connectivity index (χ0v) is 12.7. The number of hydrogen-bond donors (Lipinski definition) is 2. The summed E-state index contributed by atoms with van der Waals surface area (Å²) < 4.78 is 10.6. The minimum Gasteiger partial charge on any atom is -0.491 e. The van der Waals surface area contributed by atoms with E-state index in [0.717, 1.165) is 12.8 Å². The molecule has 21 heavy (non-hydrogen) atoms. The third kappa shape index (κ3) is 7.09. The van der Waals surface area contributed by atoms with Crippen molar-refractivity contribution in [3.8, 4) is 11.8 Å². The molecule has 5 nitrogen and oxygen atoms in total. The molecule has 0 fully saturated rings. The molecule has 0 saturated heterocycles. The Hall–Kier alpha value is -1.61. The average Bonchev–Trinajstić information content (AvgIpc) is 2.51. The quantitative estimate of drug-likeness (QED) is 0.686. The second-order valence-electron chi connectivity index (χ2n) is 4.95. The van der Waals surface area contributed by atoms with Crippen molar-refractivity contribution in [1.29, 1.82) is 5.26 Å².